The second kappa shape index (κ2) is 8.33. The van der Waals surface area contributed by atoms with Gasteiger partial charge in [-0.1, -0.05) is 30.0 Å². The molecule has 0 fully saturated rings. The molecule has 2 amide bonds. The van der Waals surface area contributed by atoms with Crippen LogP contribution in [-0.2, 0) is 0 Å². The second-order valence-electron chi connectivity index (χ2n) is 5.88. The van der Waals surface area contributed by atoms with Crippen molar-refractivity contribution < 1.29 is 4.79 Å². The van der Waals surface area contributed by atoms with E-state index in [0.29, 0.717) is 16.9 Å². The third kappa shape index (κ3) is 4.45. The minimum Gasteiger partial charge on any atom is -0.307 e. The minimum atomic E-state index is -0.445. The van der Waals surface area contributed by atoms with E-state index in [1.165, 1.54) is 11.8 Å². The maximum Gasteiger partial charge on any atom is 0.337 e. The lowest BCUT2D eigenvalue weighted by Crippen LogP contribution is -2.34. The molecule has 0 saturated carbocycles. The largest absolute Gasteiger partial charge is 0.337 e. The predicted molar refractivity (Wildman–Crippen MR) is 110 cm³/mol. The monoisotopic (exact) mass is 401 g/mol. The Morgan fingerprint density at radius 3 is 2.62 bits per heavy atom. The van der Waals surface area contributed by atoms with Crippen LogP contribution in [0.15, 0.2) is 82.7 Å². The first-order valence-electron chi connectivity index (χ1n) is 8.63. The number of rotatable bonds is 5. The van der Waals surface area contributed by atoms with Crippen molar-refractivity contribution in [3.63, 3.8) is 0 Å². The van der Waals surface area contributed by atoms with E-state index >= 15 is 0 Å². The quantitative estimate of drug-likeness (QED) is 0.438. The summed E-state index contributed by atoms with van der Waals surface area (Å²) in [6.45, 7) is 0. The van der Waals surface area contributed by atoms with Crippen molar-refractivity contribution in [2.24, 2.45) is 0 Å². The average molecular weight is 401 g/mol. The zero-order valence-electron chi connectivity index (χ0n) is 15.0. The van der Waals surface area contributed by atoms with Crippen LogP contribution >= 0.6 is 11.8 Å². The van der Waals surface area contributed by atoms with Gasteiger partial charge in [-0.05, 0) is 48.5 Å². The van der Waals surface area contributed by atoms with E-state index in [9.17, 15) is 10.1 Å². The molecule has 0 aliphatic carbocycles. The van der Waals surface area contributed by atoms with Crippen LogP contribution in [0.4, 0.5) is 16.4 Å². The molecule has 9 heteroatoms. The number of carbonyl (C=O) groups excluding carboxylic acids is 1. The van der Waals surface area contributed by atoms with Crippen molar-refractivity contribution >= 4 is 35.1 Å². The number of fused-ring (bicyclic) bond motifs is 1. The molecule has 29 heavy (non-hydrogen) atoms. The summed E-state index contributed by atoms with van der Waals surface area (Å²) >= 11 is 1.49. The smallest absolute Gasteiger partial charge is 0.307 e. The van der Waals surface area contributed by atoms with Gasteiger partial charge in [-0.15, -0.1) is 5.10 Å². The van der Waals surface area contributed by atoms with E-state index in [2.05, 4.69) is 32.3 Å². The summed E-state index contributed by atoms with van der Waals surface area (Å²) in [6, 6.07) is 22.0. The van der Waals surface area contributed by atoms with Crippen molar-refractivity contribution in [3.05, 3.63) is 78.5 Å². The lowest BCUT2D eigenvalue weighted by atomic mass is 10.2. The Bertz CT molecular complexity index is 1160. The highest BCUT2D eigenvalue weighted by molar-refractivity contribution is 7.99. The number of nitrogens with one attached hydrogen (secondary N) is 3. The Morgan fingerprint density at radius 1 is 1.03 bits per heavy atom. The molecule has 0 spiro atoms. The third-order valence-electron chi connectivity index (χ3n) is 3.88. The molecular weight excluding hydrogens is 386 g/mol. The molecule has 0 unspecified atom stereocenters. The van der Waals surface area contributed by atoms with Gasteiger partial charge in [0.2, 0.25) is 0 Å². The number of hydrogen-bond acceptors (Lipinski definition) is 6. The fourth-order valence-electron chi connectivity index (χ4n) is 2.54. The molecule has 0 atom stereocenters. The Labute approximate surface area is 170 Å². The van der Waals surface area contributed by atoms with Crippen molar-refractivity contribution in [1.29, 1.82) is 5.26 Å². The Balaban J connectivity index is 1.33. The Kier molecular flexibility index (Phi) is 5.27. The molecular formula is C20H15N7OS. The molecule has 4 aromatic rings. The summed E-state index contributed by atoms with van der Waals surface area (Å²) in [5, 5.41) is 16.1. The van der Waals surface area contributed by atoms with E-state index in [0.717, 1.165) is 9.79 Å². The highest BCUT2D eigenvalue weighted by Crippen LogP contribution is 2.30. The number of amides is 2. The molecule has 0 aliphatic rings. The van der Waals surface area contributed by atoms with Gasteiger partial charge in [0, 0.05) is 21.7 Å². The molecule has 0 bridgehead atoms. The number of nitrogens with zero attached hydrogens (tertiary/aromatic N) is 4. The number of anilines is 2. The van der Waals surface area contributed by atoms with Crippen molar-refractivity contribution in [2.75, 3.05) is 10.7 Å². The van der Waals surface area contributed by atoms with Crippen LogP contribution in [0.5, 0.6) is 0 Å². The van der Waals surface area contributed by atoms with Gasteiger partial charge < -0.3 is 5.32 Å². The summed E-state index contributed by atoms with van der Waals surface area (Å²) in [6.07, 6.45) is 1.77. The average Bonchev–Trinajstić information content (AvgIpc) is 3.17. The fraction of sp³-hybridized carbons (Fsp3) is 0. The van der Waals surface area contributed by atoms with Crippen LogP contribution in [0.1, 0.15) is 5.56 Å². The number of pyridine rings is 1. The molecule has 0 radical (unpaired) electrons. The molecule has 0 aliphatic heterocycles. The molecule has 0 saturated heterocycles. The van der Waals surface area contributed by atoms with E-state index in [1.54, 1.807) is 28.9 Å². The number of carbonyl (C=O) groups is 1. The van der Waals surface area contributed by atoms with E-state index in [-0.39, 0.29) is 5.95 Å². The summed E-state index contributed by atoms with van der Waals surface area (Å²) in [4.78, 5) is 18.2. The van der Waals surface area contributed by atoms with Gasteiger partial charge in [-0.25, -0.2) is 14.7 Å². The van der Waals surface area contributed by atoms with Gasteiger partial charge in [0.25, 0.3) is 5.95 Å². The normalized spacial score (nSPS) is 10.3. The highest BCUT2D eigenvalue weighted by Gasteiger charge is 2.06. The molecule has 3 N–H and O–H groups in total. The Hall–Kier alpha value is -4.03. The summed E-state index contributed by atoms with van der Waals surface area (Å²) < 4.78 is 1.60. The van der Waals surface area contributed by atoms with Crippen LogP contribution in [0.2, 0.25) is 0 Å². The molecule has 2 aromatic heterocycles. The van der Waals surface area contributed by atoms with Crippen LogP contribution in [0, 0.1) is 11.3 Å². The zero-order valence-corrected chi connectivity index (χ0v) is 15.9. The van der Waals surface area contributed by atoms with Crippen molar-refractivity contribution in [2.45, 2.75) is 9.79 Å². The van der Waals surface area contributed by atoms with Gasteiger partial charge in [0.15, 0.2) is 5.65 Å². The standard InChI is InChI=1S/C20H15N7OS/c21-13-14-5-1-2-6-17(14)29-16-10-8-15(9-11-16)22-20(28)25-24-19-23-18-7-3-4-12-27(18)26-19/h1-12H,(H,24,26)(H2,22,25,28). The second-order valence-corrected chi connectivity index (χ2v) is 6.99. The molecule has 8 nitrogen and oxygen atoms in total. The zero-order chi connectivity index (χ0) is 20.1. The Morgan fingerprint density at radius 2 is 1.83 bits per heavy atom. The van der Waals surface area contributed by atoms with Crippen molar-refractivity contribution in [1.82, 2.24) is 20.0 Å². The summed E-state index contributed by atoms with van der Waals surface area (Å²) in [7, 11) is 0. The van der Waals surface area contributed by atoms with Crippen LogP contribution < -0.4 is 16.2 Å². The van der Waals surface area contributed by atoms with E-state index < -0.39 is 6.03 Å². The first-order valence-corrected chi connectivity index (χ1v) is 9.44. The number of benzene rings is 2. The highest BCUT2D eigenvalue weighted by atomic mass is 32.2. The predicted octanol–water partition coefficient (Wildman–Crippen LogP) is 3.90. The SMILES string of the molecule is N#Cc1ccccc1Sc1ccc(NC(=O)NNc2nc3ccccn3n2)cc1. The first kappa shape index (κ1) is 18.3. The van der Waals surface area contributed by atoms with Crippen LogP contribution in [-0.4, -0.2) is 20.6 Å². The van der Waals surface area contributed by atoms with Gasteiger partial charge in [-0.3, -0.25) is 5.43 Å². The molecule has 2 aromatic carbocycles. The number of aromatic nitrogens is 3. The lowest BCUT2D eigenvalue weighted by Gasteiger charge is -2.08. The van der Waals surface area contributed by atoms with E-state index in [1.807, 2.05) is 48.5 Å². The fourth-order valence-corrected chi connectivity index (χ4v) is 3.44. The molecule has 4 rings (SSSR count). The third-order valence-corrected chi connectivity index (χ3v) is 4.96. The first-order chi connectivity index (χ1) is 14.2. The lowest BCUT2D eigenvalue weighted by molar-refractivity contribution is 0.253. The van der Waals surface area contributed by atoms with Crippen LogP contribution in [0.3, 0.4) is 0 Å². The number of urea groups is 1. The summed E-state index contributed by atoms with van der Waals surface area (Å²) in [5.74, 6) is 0.286. The number of nitriles is 1. The molecule has 142 valence electrons. The summed E-state index contributed by atoms with van der Waals surface area (Å²) in [5.41, 5.74) is 7.10. The topological polar surface area (TPSA) is 107 Å². The maximum absolute atomic E-state index is 12.1. The molecule has 2 heterocycles. The van der Waals surface area contributed by atoms with Gasteiger partial charge in [0.1, 0.15) is 6.07 Å². The number of hydrazine groups is 1. The van der Waals surface area contributed by atoms with Gasteiger partial charge in [0.05, 0.1) is 5.56 Å². The van der Waals surface area contributed by atoms with Crippen LogP contribution in [0.25, 0.3) is 5.65 Å². The van der Waals surface area contributed by atoms with Crippen molar-refractivity contribution in [3.8, 4) is 6.07 Å². The van der Waals surface area contributed by atoms with Gasteiger partial charge >= 0.3 is 6.03 Å². The van der Waals surface area contributed by atoms with Gasteiger partial charge in [-0.2, -0.15) is 10.2 Å². The number of hydrogen-bond donors (Lipinski definition) is 3. The maximum atomic E-state index is 12.1. The minimum absolute atomic E-state index is 0.286. The van der Waals surface area contributed by atoms with E-state index in [4.69, 9.17) is 0 Å².